The number of hydrogen-bond donors (Lipinski definition) is 3. The van der Waals surface area contributed by atoms with Gasteiger partial charge in [0.25, 0.3) is 5.91 Å². The number of carbonyl (C=O) groups is 1. The molecule has 4 nitrogen and oxygen atoms in total. The third-order valence-corrected chi connectivity index (χ3v) is 3.58. The minimum Gasteiger partial charge on any atom is -0.506 e. The van der Waals surface area contributed by atoms with E-state index in [9.17, 15) is 9.90 Å². The van der Waals surface area contributed by atoms with Crippen molar-refractivity contribution in [3.05, 3.63) is 58.1 Å². The summed E-state index contributed by atoms with van der Waals surface area (Å²) in [5.41, 5.74) is 1.91. The summed E-state index contributed by atoms with van der Waals surface area (Å²) in [7, 11) is 0. The second kappa shape index (κ2) is 6.69. The molecule has 0 bridgehead atoms. The largest absolute Gasteiger partial charge is 0.506 e. The zero-order valence-corrected chi connectivity index (χ0v) is 13.6. The molecule has 3 N–H and O–H groups in total. The maximum absolute atomic E-state index is 11.9. The summed E-state index contributed by atoms with van der Waals surface area (Å²) >= 11 is 8.36. The van der Waals surface area contributed by atoms with E-state index >= 15 is 0 Å². The topological polar surface area (TPSA) is 61.4 Å². The Balaban J connectivity index is 2.04. The molecule has 1 amide bonds. The first kappa shape index (κ1) is 15.5. The van der Waals surface area contributed by atoms with Gasteiger partial charge in [0.05, 0.1) is 4.47 Å². The molecule has 0 aliphatic rings. The van der Waals surface area contributed by atoms with Gasteiger partial charge in [-0.25, -0.2) is 0 Å². The Labute approximate surface area is 136 Å². The molecule has 0 atom stereocenters. The number of phenols is 1. The number of phenolic OH excluding ortho intramolecular Hbond substituents is 1. The lowest BCUT2D eigenvalue weighted by atomic mass is 10.2. The number of halogens is 1. The maximum atomic E-state index is 11.9. The van der Waals surface area contributed by atoms with Gasteiger partial charge in [-0.1, -0.05) is 18.2 Å². The highest BCUT2D eigenvalue weighted by molar-refractivity contribution is 9.10. The SMILES string of the molecule is Cc1cc(NC(=S)NC(=O)c2ccccc2)cc(Br)c1O. The quantitative estimate of drug-likeness (QED) is 0.562. The van der Waals surface area contributed by atoms with Crippen LogP contribution in [0.4, 0.5) is 5.69 Å². The molecule has 6 heteroatoms. The molecule has 2 aromatic carbocycles. The zero-order chi connectivity index (χ0) is 15.4. The summed E-state index contributed by atoms with van der Waals surface area (Å²) in [5, 5.41) is 15.4. The monoisotopic (exact) mass is 364 g/mol. The highest BCUT2D eigenvalue weighted by Crippen LogP contribution is 2.30. The molecule has 0 aliphatic heterocycles. The van der Waals surface area contributed by atoms with Crippen molar-refractivity contribution in [1.29, 1.82) is 0 Å². The number of aromatic hydroxyl groups is 1. The fourth-order valence-electron chi connectivity index (χ4n) is 1.74. The Morgan fingerprint density at radius 1 is 1.24 bits per heavy atom. The van der Waals surface area contributed by atoms with E-state index < -0.39 is 0 Å². The zero-order valence-electron chi connectivity index (χ0n) is 11.2. The van der Waals surface area contributed by atoms with Gasteiger partial charge in [-0.2, -0.15) is 0 Å². The lowest BCUT2D eigenvalue weighted by molar-refractivity contribution is 0.0977. The number of anilines is 1. The summed E-state index contributed by atoms with van der Waals surface area (Å²) in [6.07, 6.45) is 0. The molecule has 0 saturated heterocycles. The van der Waals surface area contributed by atoms with Crippen molar-refractivity contribution >= 4 is 44.9 Å². The van der Waals surface area contributed by atoms with Gasteiger partial charge in [0.2, 0.25) is 0 Å². The van der Waals surface area contributed by atoms with E-state index in [1.165, 1.54) is 0 Å². The predicted octanol–water partition coefficient (Wildman–Crippen LogP) is 3.59. The highest BCUT2D eigenvalue weighted by atomic mass is 79.9. The van der Waals surface area contributed by atoms with Crippen LogP contribution in [0.25, 0.3) is 0 Å². The van der Waals surface area contributed by atoms with Crippen molar-refractivity contribution in [1.82, 2.24) is 5.32 Å². The van der Waals surface area contributed by atoms with E-state index in [2.05, 4.69) is 26.6 Å². The smallest absolute Gasteiger partial charge is 0.257 e. The van der Waals surface area contributed by atoms with Crippen LogP contribution in [0.1, 0.15) is 15.9 Å². The molecule has 0 aromatic heterocycles. The van der Waals surface area contributed by atoms with E-state index in [0.717, 1.165) is 0 Å². The molecule has 21 heavy (non-hydrogen) atoms. The van der Waals surface area contributed by atoms with Gasteiger partial charge in [0.1, 0.15) is 5.75 Å². The number of carbonyl (C=O) groups excluding carboxylic acids is 1. The number of hydrogen-bond acceptors (Lipinski definition) is 3. The molecular formula is C15H13BrN2O2S. The molecule has 0 aliphatic carbocycles. The van der Waals surface area contributed by atoms with Crippen molar-refractivity contribution in [2.45, 2.75) is 6.92 Å². The molecule has 108 valence electrons. The number of rotatable bonds is 2. The molecule has 0 spiro atoms. The minimum atomic E-state index is -0.275. The lowest BCUT2D eigenvalue weighted by Gasteiger charge is -2.11. The highest BCUT2D eigenvalue weighted by Gasteiger charge is 2.09. The van der Waals surface area contributed by atoms with Gasteiger partial charge < -0.3 is 10.4 Å². The van der Waals surface area contributed by atoms with Crippen LogP contribution in [0.5, 0.6) is 5.75 Å². The fourth-order valence-corrected chi connectivity index (χ4v) is 2.51. The summed E-state index contributed by atoms with van der Waals surface area (Å²) in [5.74, 6) is -0.0949. The van der Waals surface area contributed by atoms with Crippen molar-refractivity contribution in [2.75, 3.05) is 5.32 Å². The van der Waals surface area contributed by atoms with E-state index in [1.54, 1.807) is 43.3 Å². The standard InChI is InChI=1S/C15H13BrN2O2S/c1-9-7-11(8-12(16)13(9)19)17-15(21)18-14(20)10-5-3-2-4-6-10/h2-8,19H,1H3,(H2,17,18,20,21). The average molecular weight is 365 g/mol. The Kier molecular flexibility index (Phi) is 4.93. The van der Waals surface area contributed by atoms with Gasteiger partial charge in [-0.15, -0.1) is 0 Å². The van der Waals surface area contributed by atoms with Crippen LogP contribution in [0, 0.1) is 6.92 Å². The summed E-state index contributed by atoms with van der Waals surface area (Å²) in [6, 6.07) is 12.2. The molecule has 0 heterocycles. The fraction of sp³-hybridized carbons (Fsp3) is 0.0667. The number of thiocarbonyl (C=S) groups is 1. The van der Waals surface area contributed by atoms with Gasteiger partial charge in [0, 0.05) is 11.3 Å². The average Bonchev–Trinajstić information content (AvgIpc) is 2.45. The molecule has 0 radical (unpaired) electrons. The van der Waals surface area contributed by atoms with Crippen molar-refractivity contribution in [3.8, 4) is 5.75 Å². The van der Waals surface area contributed by atoms with E-state index in [-0.39, 0.29) is 16.8 Å². The number of nitrogens with one attached hydrogen (secondary N) is 2. The summed E-state index contributed by atoms with van der Waals surface area (Å²) < 4.78 is 0.558. The van der Waals surface area contributed by atoms with Gasteiger partial charge in [0.15, 0.2) is 5.11 Å². The maximum Gasteiger partial charge on any atom is 0.257 e. The molecule has 0 unspecified atom stereocenters. The second-order valence-electron chi connectivity index (χ2n) is 4.40. The number of benzene rings is 2. The normalized spacial score (nSPS) is 10.0. The Morgan fingerprint density at radius 3 is 2.52 bits per heavy atom. The van der Waals surface area contributed by atoms with Crippen molar-refractivity contribution in [2.24, 2.45) is 0 Å². The van der Waals surface area contributed by atoms with E-state index in [1.807, 2.05) is 6.07 Å². The van der Waals surface area contributed by atoms with Crippen LogP contribution in [-0.4, -0.2) is 16.1 Å². The van der Waals surface area contributed by atoms with Crippen LogP contribution in [0.2, 0.25) is 0 Å². The van der Waals surface area contributed by atoms with E-state index in [0.29, 0.717) is 21.3 Å². The van der Waals surface area contributed by atoms with Gasteiger partial charge in [-0.05, 0) is 64.9 Å². The van der Waals surface area contributed by atoms with Crippen LogP contribution in [0.15, 0.2) is 46.9 Å². The first-order valence-electron chi connectivity index (χ1n) is 6.14. The summed E-state index contributed by atoms with van der Waals surface area (Å²) in [4.78, 5) is 11.9. The molecule has 0 fully saturated rings. The Morgan fingerprint density at radius 2 is 1.90 bits per heavy atom. The predicted molar refractivity (Wildman–Crippen MR) is 90.7 cm³/mol. The first-order chi connectivity index (χ1) is 9.97. The second-order valence-corrected chi connectivity index (χ2v) is 5.66. The van der Waals surface area contributed by atoms with Crippen LogP contribution in [0.3, 0.4) is 0 Å². The number of amides is 1. The first-order valence-corrected chi connectivity index (χ1v) is 7.34. The lowest BCUT2D eigenvalue weighted by Crippen LogP contribution is -2.34. The molecule has 0 saturated carbocycles. The van der Waals surface area contributed by atoms with Gasteiger partial charge in [-0.3, -0.25) is 10.1 Å². The van der Waals surface area contributed by atoms with Crippen molar-refractivity contribution in [3.63, 3.8) is 0 Å². The summed E-state index contributed by atoms with van der Waals surface area (Å²) in [6.45, 7) is 1.77. The molecular weight excluding hydrogens is 352 g/mol. The molecule has 2 aromatic rings. The third kappa shape index (κ3) is 4.03. The van der Waals surface area contributed by atoms with Crippen LogP contribution in [-0.2, 0) is 0 Å². The third-order valence-electron chi connectivity index (χ3n) is 2.77. The van der Waals surface area contributed by atoms with Crippen LogP contribution < -0.4 is 10.6 Å². The Hall–Kier alpha value is -1.92. The number of aryl methyl sites for hydroxylation is 1. The van der Waals surface area contributed by atoms with Crippen LogP contribution >= 0.6 is 28.1 Å². The van der Waals surface area contributed by atoms with Crippen molar-refractivity contribution < 1.29 is 9.90 Å². The van der Waals surface area contributed by atoms with Gasteiger partial charge >= 0.3 is 0 Å². The van der Waals surface area contributed by atoms with E-state index in [4.69, 9.17) is 12.2 Å². The molecule has 2 rings (SSSR count). The minimum absolute atomic E-state index is 0.180. The Bertz CT molecular complexity index is 666.